The van der Waals surface area contributed by atoms with Gasteiger partial charge in [0.2, 0.25) is 11.8 Å². The Bertz CT molecular complexity index is 490. The summed E-state index contributed by atoms with van der Waals surface area (Å²) in [7, 11) is 0. The first kappa shape index (κ1) is 15.0. The molecular weight excluding hydrogens is 274 g/mol. The van der Waals surface area contributed by atoms with Crippen molar-refractivity contribution < 1.29 is 9.59 Å². The SMILES string of the molecule is CC(=O)Nc1nc(CC(=O)N2CC(C)CC(C)C2)cs1. The zero-order chi connectivity index (χ0) is 14.7. The molecule has 2 atom stereocenters. The molecule has 2 heterocycles. The lowest BCUT2D eigenvalue weighted by Crippen LogP contribution is -2.43. The number of rotatable bonds is 3. The summed E-state index contributed by atoms with van der Waals surface area (Å²) in [6, 6.07) is 0. The Hall–Kier alpha value is -1.43. The first-order valence-corrected chi connectivity index (χ1v) is 7.81. The van der Waals surface area contributed by atoms with E-state index in [-0.39, 0.29) is 11.8 Å². The largest absolute Gasteiger partial charge is 0.342 e. The number of amides is 2. The molecule has 1 aliphatic rings. The number of nitrogens with zero attached hydrogens (tertiary/aromatic N) is 2. The van der Waals surface area contributed by atoms with Gasteiger partial charge in [-0.3, -0.25) is 9.59 Å². The molecule has 1 saturated heterocycles. The lowest BCUT2D eigenvalue weighted by atomic mass is 9.92. The minimum atomic E-state index is -0.143. The highest BCUT2D eigenvalue weighted by atomic mass is 32.1. The van der Waals surface area contributed by atoms with Gasteiger partial charge in [0.05, 0.1) is 12.1 Å². The third kappa shape index (κ3) is 4.03. The van der Waals surface area contributed by atoms with E-state index in [9.17, 15) is 9.59 Å². The molecule has 5 nitrogen and oxygen atoms in total. The highest BCUT2D eigenvalue weighted by Crippen LogP contribution is 2.22. The first-order valence-electron chi connectivity index (χ1n) is 6.93. The van der Waals surface area contributed by atoms with Crippen LogP contribution in [-0.4, -0.2) is 34.8 Å². The van der Waals surface area contributed by atoms with Gasteiger partial charge < -0.3 is 10.2 Å². The molecule has 6 heteroatoms. The number of carbonyl (C=O) groups is 2. The van der Waals surface area contributed by atoms with Gasteiger partial charge in [-0.1, -0.05) is 13.8 Å². The molecule has 0 bridgehead atoms. The second kappa shape index (κ2) is 6.35. The van der Waals surface area contributed by atoms with Gasteiger partial charge in [0.1, 0.15) is 0 Å². The third-order valence-electron chi connectivity index (χ3n) is 3.39. The van der Waals surface area contributed by atoms with E-state index < -0.39 is 0 Å². The van der Waals surface area contributed by atoms with Gasteiger partial charge in [-0.2, -0.15) is 0 Å². The van der Waals surface area contributed by atoms with Crippen molar-refractivity contribution in [2.24, 2.45) is 11.8 Å². The lowest BCUT2D eigenvalue weighted by molar-refractivity contribution is -0.133. The molecule has 20 heavy (non-hydrogen) atoms. The second-order valence-corrected chi connectivity index (χ2v) is 6.60. The van der Waals surface area contributed by atoms with Gasteiger partial charge in [-0.25, -0.2) is 4.98 Å². The molecule has 1 N–H and O–H groups in total. The third-order valence-corrected chi connectivity index (χ3v) is 4.20. The number of hydrogen-bond acceptors (Lipinski definition) is 4. The number of likely N-dealkylation sites (tertiary alicyclic amines) is 1. The molecule has 0 aromatic carbocycles. The van der Waals surface area contributed by atoms with Crippen LogP contribution in [0.1, 0.15) is 32.9 Å². The minimum Gasteiger partial charge on any atom is -0.342 e. The normalized spacial score (nSPS) is 22.6. The van der Waals surface area contributed by atoms with Gasteiger partial charge in [-0.15, -0.1) is 11.3 Å². The second-order valence-electron chi connectivity index (χ2n) is 5.75. The Morgan fingerprint density at radius 1 is 1.40 bits per heavy atom. The molecule has 0 spiro atoms. The van der Waals surface area contributed by atoms with Crippen LogP contribution in [0.25, 0.3) is 0 Å². The predicted octanol–water partition coefficient (Wildman–Crippen LogP) is 2.15. The molecule has 1 aromatic rings. The minimum absolute atomic E-state index is 0.128. The van der Waals surface area contributed by atoms with Crippen molar-refractivity contribution in [3.05, 3.63) is 11.1 Å². The molecule has 0 radical (unpaired) electrons. The Labute approximate surface area is 123 Å². The van der Waals surface area contributed by atoms with Crippen LogP contribution in [0.3, 0.4) is 0 Å². The van der Waals surface area contributed by atoms with Crippen molar-refractivity contribution in [3.8, 4) is 0 Å². The quantitative estimate of drug-likeness (QED) is 0.929. The average molecular weight is 295 g/mol. The number of nitrogens with one attached hydrogen (secondary N) is 1. The summed E-state index contributed by atoms with van der Waals surface area (Å²) < 4.78 is 0. The number of thiazole rings is 1. The summed E-state index contributed by atoms with van der Waals surface area (Å²) in [5.74, 6) is 1.11. The molecule has 1 aromatic heterocycles. The van der Waals surface area contributed by atoms with Crippen LogP contribution in [0.5, 0.6) is 0 Å². The Kier molecular flexibility index (Phi) is 4.75. The van der Waals surface area contributed by atoms with Crippen molar-refractivity contribution in [1.29, 1.82) is 0 Å². The summed E-state index contributed by atoms with van der Waals surface area (Å²) in [4.78, 5) is 29.4. The zero-order valence-corrected chi connectivity index (χ0v) is 13.0. The summed E-state index contributed by atoms with van der Waals surface area (Å²) in [5, 5.41) is 5.03. The van der Waals surface area contributed by atoms with Crippen LogP contribution < -0.4 is 5.32 Å². The number of hydrogen-bond donors (Lipinski definition) is 1. The van der Waals surface area contributed by atoms with E-state index in [0.717, 1.165) is 18.8 Å². The number of anilines is 1. The molecule has 110 valence electrons. The molecule has 1 fully saturated rings. The van der Waals surface area contributed by atoms with E-state index >= 15 is 0 Å². The van der Waals surface area contributed by atoms with Crippen molar-refractivity contribution in [2.75, 3.05) is 18.4 Å². The van der Waals surface area contributed by atoms with Crippen molar-refractivity contribution in [2.45, 2.75) is 33.6 Å². The van der Waals surface area contributed by atoms with Crippen molar-refractivity contribution in [1.82, 2.24) is 9.88 Å². The Morgan fingerprint density at radius 3 is 2.65 bits per heavy atom. The summed E-state index contributed by atoms with van der Waals surface area (Å²) in [6.07, 6.45) is 1.50. The molecule has 2 unspecified atom stereocenters. The van der Waals surface area contributed by atoms with E-state index in [1.165, 1.54) is 24.7 Å². The standard InChI is InChI=1S/C14H21N3O2S/c1-9-4-10(2)7-17(6-9)13(19)5-12-8-20-14(16-12)15-11(3)18/h8-10H,4-7H2,1-3H3,(H,15,16,18). The van der Waals surface area contributed by atoms with Gasteiger partial charge in [0.25, 0.3) is 0 Å². The monoisotopic (exact) mass is 295 g/mol. The molecular formula is C14H21N3O2S. The zero-order valence-electron chi connectivity index (χ0n) is 12.2. The van der Waals surface area contributed by atoms with Crippen molar-refractivity contribution >= 4 is 28.3 Å². The molecule has 1 aliphatic heterocycles. The number of carbonyl (C=O) groups excluding carboxylic acids is 2. The maximum absolute atomic E-state index is 12.3. The molecule has 2 rings (SSSR count). The fourth-order valence-corrected chi connectivity index (χ4v) is 3.49. The summed E-state index contributed by atoms with van der Waals surface area (Å²) in [6.45, 7) is 7.50. The molecule has 2 amide bonds. The van der Waals surface area contributed by atoms with Crippen LogP contribution in [0.2, 0.25) is 0 Å². The Morgan fingerprint density at radius 2 is 2.05 bits per heavy atom. The topological polar surface area (TPSA) is 62.3 Å². The van der Waals surface area contributed by atoms with Crippen LogP contribution in [0.15, 0.2) is 5.38 Å². The molecule has 0 saturated carbocycles. The fraction of sp³-hybridized carbons (Fsp3) is 0.643. The highest BCUT2D eigenvalue weighted by Gasteiger charge is 2.25. The average Bonchev–Trinajstić information content (AvgIpc) is 2.74. The van der Waals surface area contributed by atoms with Crippen LogP contribution >= 0.6 is 11.3 Å². The summed E-state index contributed by atoms with van der Waals surface area (Å²) >= 11 is 1.35. The van der Waals surface area contributed by atoms with E-state index in [1.54, 1.807) is 0 Å². The highest BCUT2D eigenvalue weighted by molar-refractivity contribution is 7.13. The Balaban J connectivity index is 1.93. The van der Waals surface area contributed by atoms with Gasteiger partial charge in [0.15, 0.2) is 5.13 Å². The lowest BCUT2D eigenvalue weighted by Gasteiger charge is -2.35. The van der Waals surface area contributed by atoms with Crippen LogP contribution in [0.4, 0.5) is 5.13 Å². The maximum Gasteiger partial charge on any atom is 0.228 e. The van der Waals surface area contributed by atoms with Crippen LogP contribution in [0, 0.1) is 11.8 Å². The predicted molar refractivity (Wildman–Crippen MR) is 79.6 cm³/mol. The van der Waals surface area contributed by atoms with E-state index in [0.29, 0.717) is 23.4 Å². The fourth-order valence-electron chi connectivity index (χ4n) is 2.73. The number of aromatic nitrogens is 1. The first-order chi connectivity index (χ1) is 9.44. The maximum atomic E-state index is 12.3. The van der Waals surface area contributed by atoms with Gasteiger partial charge in [-0.05, 0) is 18.3 Å². The smallest absolute Gasteiger partial charge is 0.228 e. The van der Waals surface area contributed by atoms with Gasteiger partial charge in [0, 0.05) is 25.4 Å². The summed E-state index contributed by atoms with van der Waals surface area (Å²) in [5.41, 5.74) is 0.731. The van der Waals surface area contributed by atoms with Gasteiger partial charge >= 0.3 is 0 Å². The van der Waals surface area contributed by atoms with Crippen LogP contribution in [-0.2, 0) is 16.0 Å². The van der Waals surface area contributed by atoms with E-state index in [2.05, 4.69) is 24.1 Å². The van der Waals surface area contributed by atoms with E-state index in [1.807, 2.05) is 10.3 Å². The van der Waals surface area contributed by atoms with E-state index in [4.69, 9.17) is 0 Å². The van der Waals surface area contributed by atoms with Crippen molar-refractivity contribution in [3.63, 3.8) is 0 Å². The molecule has 0 aliphatic carbocycles. The number of piperidine rings is 1.